The smallest absolute Gasteiger partial charge is 0.308 e. The third-order valence-electron chi connectivity index (χ3n) is 5.27. The maximum absolute atomic E-state index is 13.0. The van der Waals surface area contributed by atoms with Gasteiger partial charge in [-0.15, -0.1) is 11.3 Å². The Balaban J connectivity index is 1.46. The highest BCUT2D eigenvalue weighted by molar-refractivity contribution is 7.12. The lowest BCUT2D eigenvalue weighted by atomic mass is 10.1. The molecule has 2 aromatic rings. The minimum atomic E-state index is -0.985. The van der Waals surface area contributed by atoms with Crippen LogP contribution in [0.4, 0.5) is 0 Å². The van der Waals surface area contributed by atoms with Crippen molar-refractivity contribution in [2.45, 2.75) is 44.6 Å². The molecule has 0 aliphatic carbocycles. The van der Waals surface area contributed by atoms with Crippen LogP contribution >= 0.6 is 11.3 Å². The first-order chi connectivity index (χ1) is 15.5. The molecule has 1 aromatic heterocycles. The topological polar surface area (TPSA) is 92.8 Å². The standard InChI is InChI=1S/C24H28N2O5S/c27-19(20-10-7-17-32-20)11-12-21(28)25-14-13-22(29)31-23(18-8-3-1-4-9-18)24(30)26-15-5-2-6-16-26/h1,3-4,7-10,17,23H,2,5-6,11-16H2,(H,25,28). The number of hydrogen-bond donors (Lipinski definition) is 1. The molecule has 32 heavy (non-hydrogen) atoms. The van der Waals surface area contributed by atoms with E-state index in [4.69, 9.17) is 4.74 Å². The van der Waals surface area contributed by atoms with Gasteiger partial charge in [-0.2, -0.15) is 0 Å². The average Bonchev–Trinajstić information content (AvgIpc) is 3.37. The van der Waals surface area contributed by atoms with Crippen molar-refractivity contribution in [3.63, 3.8) is 0 Å². The Hall–Kier alpha value is -3.00. The number of piperidine rings is 1. The van der Waals surface area contributed by atoms with Crippen molar-refractivity contribution in [3.8, 4) is 0 Å². The number of ether oxygens (including phenoxy) is 1. The Kier molecular flexibility index (Phi) is 8.98. The normalized spacial score (nSPS) is 14.4. The Morgan fingerprint density at radius 1 is 0.938 bits per heavy atom. The zero-order valence-corrected chi connectivity index (χ0v) is 18.8. The second kappa shape index (κ2) is 12.1. The van der Waals surface area contributed by atoms with Crippen LogP contribution in [0.25, 0.3) is 0 Å². The highest BCUT2D eigenvalue weighted by Crippen LogP contribution is 2.23. The lowest BCUT2D eigenvalue weighted by Crippen LogP contribution is -2.40. The van der Waals surface area contributed by atoms with Gasteiger partial charge >= 0.3 is 5.97 Å². The lowest BCUT2D eigenvalue weighted by molar-refractivity contribution is -0.161. The largest absolute Gasteiger partial charge is 0.447 e. The van der Waals surface area contributed by atoms with E-state index in [1.54, 1.807) is 41.3 Å². The fourth-order valence-electron chi connectivity index (χ4n) is 3.54. The van der Waals surface area contributed by atoms with Gasteiger partial charge in [0.15, 0.2) is 5.78 Å². The monoisotopic (exact) mass is 456 g/mol. The van der Waals surface area contributed by atoms with E-state index in [1.807, 2.05) is 11.4 Å². The molecule has 0 radical (unpaired) electrons. The summed E-state index contributed by atoms with van der Waals surface area (Å²) in [4.78, 5) is 51.8. The molecule has 170 valence electrons. The van der Waals surface area contributed by atoms with Crippen LogP contribution in [0.3, 0.4) is 0 Å². The van der Waals surface area contributed by atoms with Crippen molar-refractivity contribution >= 4 is 34.9 Å². The summed E-state index contributed by atoms with van der Waals surface area (Å²) < 4.78 is 5.55. The number of amides is 2. The lowest BCUT2D eigenvalue weighted by Gasteiger charge is -2.30. The van der Waals surface area contributed by atoms with E-state index in [2.05, 4.69) is 5.32 Å². The summed E-state index contributed by atoms with van der Waals surface area (Å²) in [6, 6.07) is 12.5. The molecule has 1 unspecified atom stereocenters. The van der Waals surface area contributed by atoms with Gasteiger partial charge in [-0.1, -0.05) is 36.4 Å². The summed E-state index contributed by atoms with van der Waals surface area (Å²) in [6.45, 7) is 1.42. The number of esters is 1. The maximum atomic E-state index is 13.0. The van der Waals surface area contributed by atoms with Crippen molar-refractivity contribution in [2.75, 3.05) is 19.6 Å². The molecule has 1 aliphatic heterocycles. The average molecular weight is 457 g/mol. The number of likely N-dealkylation sites (tertiary alicyclic amines) is 1. The van der Waals surface area contributed by atoms with Crippen LogP contribution < -0.4 is 5.32 Å². The van der Waals surface area contributed by atoms with Gasteiger partial charge in [0.2, 0.25) is 12.0 Å². The molecule has 0 bridgehead atoms. The number of ketones is 1. The van der Waals surface area contributed by atoms with E-state index >= 15 is 0 Å². The van der Waals surface area contributed by atoms with E-state index in [-0.39, 0.29) is 43.4 Å². The molecule has 1 atom stereocenters. The summed E-state index contributed by atoms with van der Waals surface area (Å²) >= 11 is 1.35. The van der Waals surface area contributed by atoms with E-state index in [0.717, 1.165) is 19.3 Å². The first-order valence-electron chi connectivity index (χ1n) is 10.9. The quantitative estimate of drug-likeness (QED) is 0.436. The first-order valence-corrected chi connectivity index (χ1v) is 11.8. The molecule has 8 heteroatoms. The Labute approximate surface area is 191 Å². The number of benzene rings is 1. The number of nitrogens with zero attached hydrogens (tertiary/aromatic N) is 1. The van der Waals surface area contributed by atoms with Crippen molar-refractivity contribution in [2.24, 2.45) is 0 Å². The highest BCUT2D eigenvalue weighted by Gasteiger charge is 2.30. The van der Waals surface area contributed by atoms with Gasteiger partial charge in [0, 0.05) is 38.0 Å². The maximum Gasteiger partial charge on any atom is 0.308 e. The minimum Gasteiger partial charge on any atom is -0.447 e. The summed E-state index contributed by atoms with van der Waals surface area (Å²) in [5, 5.41) is 4.45. The zero-order valence-electron chi connectivity index (χ0n) is 18.0. The van der Waals surface area contributed by atoms with Gasteiger partial charge in [0.1, 0.15) is 0 Å². The molecule has 1 saturated heterocycles. The third kappa shape index (κ3) is 7.02. The van der Waals surface area contributed by atoms with Crippen molar-refractivity contribution in [1.82, 2.24) is 10.2 Å². The van der Waals surface area contributed by atoms with Crippen molar-refractivity contribution < 1.29 is 23.9 Å². The number of nitrogens with one attached hydrogen (secondary N) is 1. The van der Waals surface area contributed by atoms with Gasteiger partial charge in [-0.05, 0) is 30.7 Å². The number of hydrogen-bond acceptors (Lipinski definition) is 6. The fourth-order valence-corrected chi connectivity index (χ4v) is 4.23. The summed E-state index contributed by atoms with van der Waals surface area (Å²) in [7, 11) is 0. The summed E-state index contributed by atoms with van der Waals surface area (Å²) in [5.74, 6) is -1.14. The zero-order chi connectivity index (χ0) is 22.8. The molecule has 2 heterocycles. The minimum absolute atomic E-state index is 0.0543. The molecule has 1 aromatic carbocycles. The molecular formula is C24H28N2O5S. The van der Waals surface area contributed by atoms with Crippen molar-refractivity contribution in [3.05, 3.63) is 58.3 Å². The van der Waals surface area contributed by atoms with Crippen molar-refractivity contribution in [1.29, 1.82) is 0 Å². The second-order valence-electron chi connectivity index (χ2n) is 7.67. The van der Waals surface area contributed by atoms with E-state index in [9.17, 15) is 19.2 Å². The van der Waals surface area contributed by atoms with E-state index in [0.29, 0.717) is 23.5 Å². The molecule has 3 rings (SSSR count). The SMILES string of the molecule is O=C(CCC(=O)c1cccs1)NCCC(=O)OC(C(=O)N1CCCCC1)c1ccccc1. The molecule has 1 N–H and O–H groups in total. The molecule has 0 spiro atoms. The van der Waals surface area contributed by atoms with E-state index in [1.165, 1.54) is 11.3 Å². The Morgan fingerprint density at radius 3 is 2.38 bits per heavy atom. The highest BCUT2D eigenvalue weighted by atomic mass is 32.1. The van der Waals surface area contributed by atoms with Gasteiger partial charge in [0.05, 0.1) is 11.3 Å². The van der Waals surface area contributed by atoms with Gasteiger partial charge in [-0.25, -0.2) is 0 Å². The predicted molar refractivity (Wildman–Crippen MR) is 121 cm³/mol. The molecule has 2 amide bonds. The van der Waals surface area contributed by atoms with Crippen LogP contribution in [0.15, 0.2) is 47.8 Å². The molecule has 1 aliphatic rings. The number of Topliss-reactive ketones (excluding diaryl/α,β-unsaturated/α-hetero) is 1. The van der Waals surface area contributed by atoms with Crippen LogP contribution in [-0.4, -0.2) is 48.1 Å². The first kappa shape index (κ1) is 23.7. The summed E-state index contributed by atoms with van der Waals surface area (Å²) in [5.41, 5.74) is 0.632. The fraction of sp³-hybridized carbons (Fsp3) is 0.417. The Bertz CT molecular complexity index is 908. The van der Waals surface area contributed by atoms with Crippen LogP contribution in [0.2, 0.25) is 0 Å². The molecule has 7 nitrogen and oxygen atoms in total. The Morgan fingerprint density at radius 2 is 1.69 bits per heavy atom. The van der Waals surface area contributed by atoms with Gasteiger partial charge < -0.3 is 15.0 Å². The van der Waals surface area contributed by atoms with Gasteiger partial charge in [-0.3, -0.25) is 19.2 Å². The molecule has 1 fully saturated rings. The van der Waals surface area contributed by atoms with Crippen LogP contribution in [0.5, 0.6) is 0 Å². The van der Waals surface area contributed by atoms with Gasteiger partial charge in [0.25, 0.3) is 5.91 Å². The van der Waals surface area contributed by atoms with E-state index < -0.39 is 12.1 Å². The van der Waals surface area contributed by atoms with Crippen LogP contribution in [-0.2, 0) is 19.1 Å². The number of carbonyl (C=O) groups is 4. The predicted octanol–water partition coefficient (Wildman–Crippen LogP) is 3.51. The summed E-state index contributed by atoms with van der Waals surface area (Å²) in [6.07, 6.45) is 2.13. The number of thiophene rings is 1. The second-order valence-corrected chi connectivity index (χ2v) is 8.61. The number of carbonyl (C=O) groups excluding carboxylic acids is 4. The molecule has 0 saturated carbocycles. The third-order valence-corrected chi connectivity index (χ3v) is 6.18. The number of rotatable bonds is 10. The van der Waals surface area contributed by atoms with Crippen LogP contribution in [0.1, 0.15) is 59.9 Å². The molecular weight excluding hydrogens is 428 g/mol. The van der Waals surface area contributed by atoms with Crippen LogP contribution in [0, 0.1) is 0 Å².